The molecule has 0 saturated carbocycles. The molecule has 1 unspecified atom stereocenters. The molecule has 0 spiro atoms. The summed E-state index contributed by atoms with van der Waals surface area (Å²) in [5, 5.41) is 0. The van der Waals surface area contributed by atoms with Gasteiger partial charge in [-0.15, -0.1) is 0 Å². The van der Waals surface area contributed by atoms with E-state index in [-0.39, 0.29) is 11.5 Å². The SMILES string of the molecule is COC(=O)C(c1c(F)cccc1F)C(C)C. The topological polar surface area (TPSA) is 26.3 Å². The van der Waals surface area contributed by atoms with Gasteiger partial charge in [-0.05, 0) is 18.1 Å². The Labute approximate surface area is 93.2 Å². The molecule has 4 heteroatoms. The maximum atomic E-state index is 13.5. The minimum absolute atomic E-state index is 0.218. The number of hydrogen-bond acceptors (Lipinski definition) is 2. The molecule has 2 nitrogen and oxygen atoms in total. The molecule has 1 aromatic rings. The molecule has 0 aliphatic carbocycles. The highest BCUT2D eigenvalue weighted by atomic mass is 19.1. The van der Waals surface area contributed by atoms with Gasteiger partial charge in [0, 0.05) is 5.56 Å². The third kappa shape index (κ3) is 2.38. The summed E-state index contributed by atoms with van der Waals surface area (Å²) in [6.45, 7) is 3.43. The maximum Gasteiger partial charge on any atom is 0.313 e. The lowest BCUT2D eigenvalue weighted by Crippen LogP contribution is -2.22. The fourth-order valence-corrected chi connectivity index (χ4v) is 1.66. The van der Waals surface area contributed by atoms with E-state index >= 15 is 0 Å². The first-order valence-electron chi connectivity index (χ1n) is 5.00. The van der Waals surface area contributed by atoms with Crippen molar-refractivity contribution in [2.24, 2.45) is 5.92 Å². The molecule has 0 aromatic heterocycles. The molecule has 0 heterocycles. The molecule has 1 rings (SSSR count). The molecule has 0 amide bonds. The fraction of sp³-hybridized carbons (Fsp3) is 0.417. The van der Waals surface area contributed by atoms with Gasteiger partial charge >= 0.3 is 5.97 Å². The van der Waals surface area contributed by atoms with E-state index in [4.69, 9.17) is 0 Å². The second-order valence-electron chi connectivity index (χ2n) is 3.88. The summed E-state index contributed by atoms with van der Waals surface area (Å²) in [5.41, 5.74) is -0.218. The first kappa shape index (κ1) is 12.6. The van der Waals surface area contributed by atoms with Gasteiger partial charge in [0.05, 0.1) is 13.0 Å². The molecule has 0 aliphatic rings. The van der Waals surface area contributed by atoms with Crippen molar-refractivity contribution in [1.29, 1.82) is 0 Å². The number of ether oxygens (including phenoxy) is 1. The smallest absolute Gasteiger partial charge is 0.313 e. The van der Waals surface area contributed by atoms with E-state index in [1.165, 1.54) is 13.2 Å². The molecule has 0 aliphatic heterocycles. The number of benzene rings is 1. The Morgan fingerprint density at radius 2 is 1.75 bits per heavy atom. The Hall–Kier alpha value is -1.45. The lowest BCUT2D eigenvalue weighted by Gasteiger charge is -2.19. The number of carbonyl (C=O) groups excluding carboxylic acids is 1. The van der Waals surface area contributed by atoms with Gasteiger partial charge in [-0.1, -0.05) is 19.9 Å². The molecular formula is C12H14F2O2. The summed E-state index contributed by atoms with van der Waals surface area (Å²) in [6, 6.07) is 3.54. The summed E-state index contributed by atoms with van der Waals surface area (Å²) >= 11 is 0. The molecule has 16 heavy (non-hydrogen) atoms. The highest BCUT2D eigenvalue weighted by Gasteiger charge is 2.30. The van der Waals surface area contributed by atoms with E-state index in [0.29, 0.717) is 0 Å². The zero-order chi connectivity index (χ0) is 12.3. The van der Waals surface area contributed by atoms with Gasteiger partial charge in [0.15, 0.2) is 0 Å². The molecule has 88 valence electrons. The van der Waals surface area contributed by atoms with Crippen molar-refractivity contribution in [2.75, 3.05) is 7.11 Å². The Morgan fingerprint density at radius 1 is 1.25 bits per heavy atom. The molecule has 1 atom stereocenters. The molecule has 0 radical (unpaired) electrons. The van der Waals surface area contributed by atoms with Crippen molar-refractivity contribution in [3.05, 3.63) is 35.4 Å². The monoisotopic (exact) mass is 228 g/mol. The average molecular weight is 228 g/mol. The summed E-state index contributed by atoms with van der Waals surface area (Å²) in [6.07, 6.45) is 0. The van der Waals surface area contributed by atoms with Crippen LogP contribution >= 0.6 is 0 Å². The van der Waals surface area contributed by atoms with E-state index in [9.17, 15) is 13.6 Å². The van der Waals surface area contributed by atoms with Crippen LogP contribution in [0.15, 0.2) is 18.2 Å². The highest BCUT2D eigenvalue weighted by molar-refractivity contribution is 5.78. The number of esters is 1. The van der Waals surface area contributed by atoms with Crippen LogP contribution in [0, 0.1) is 17.6 Å². The van der Waals surface area contributed by atoms with Gasteiger partial charge in [-0.25, -0.2) is 8.78 Å². The van der Waals surface area contributed by atoms with Crippen LogP contribution in [-0.2, 0) is 9.53 Å². The molecule has 0 saturated heterocycles. The Kier molecular flexibility index (Phi) is 3.99. The van der Waals surface area contributed by atoms with Crippen LogP contribution in [0.3, 0.4) is 0 Å². The summed E-state index contributed by atoms with van der Waals surface area (Å²) in [7, 11) is 1.20. The van der Waals surface area contributed by atoms with Crippen molar-refractivity contribution in [3.63, 3.8) is 0 Å². The van der Waals surface area contributed by atoms with E-state index < -0.39 is 23.5 Å². The van der Waals surface area contributed by atoms with Crippen molar-refractivity contribution < 1.29 is 18.3 Å². The van der Waals surface area contributed by atoms with E-state index in [1.54, 1.807) is 13.8 Å². The number of halogens is 2. The minimum Gasteiger partial charge on any atom is -0.469 e. The summed E-state index contributed by atoms with van der Waals surface area (Å²) in [4.78, 5) is 11.5. The quantitative estimate of drug-likeness (QED) is 0.743. The molecule has 0 N–H and O–H groups in total. The van der Waals surface area contributed by atoms with Gasteiger partial charge in [0.1, 0.15) is 11.6 Å². The minimum atomic E-state index is -0.911. The predicted octanol–water partition coefficient (Wildman–Crippen LogP) is 2.88. The number of hydrogen-bond donors (Lipinski definition) is 0. The van der Waals surface area contributed by atoms with Gasteiger partial charge < -0.3 is 4.74 Å². The lowest BCUT2D eigenvalue weighted by molar-refractivity contribution is -0.143. The van der Waals surface area contributed by atoms with Crippen molar-refractivity contribution >= 4 is 5.97 Å². The van der Waals surface area contributed by atoms with Crippen LogP contribution in [0.1, 0.15) is 25.3 Å². The highest BCUT2D eigenvalue weighted by Crippen LogP contribution is 2.29. The first-order chi connectivity index (χ1) is 7.49. The van der Waals surface area contributed by atoms with Crippen LogP contribution in [0.4, 0.5) is 8.78 Å². The van der Waals surface area contributed by atoms with Gasteiger partial charge in [0.25, 0.3) is 0 Å². The van der Waals surface area contributed by atoms with Crippen molar-refractivity contribution in [2.45, 2.75) is 19.8 Å². The van der Waals surface area contributed by atoms with E-state index in [0.717, 1.165) is 12.1 Å². The van der Waals surface area contributed by atoms with E-state index in [1.807, 2.05) is 0 Å². The van der Waals surface area contributed by atoms with Crippen LogP contribution in [0.25, 0.3) is 0 Å². The van der Waals surface area contributed by atoms with Gasteiger partial charge in [-0.2, -0.15) is 0 Å². The van der Waals surface area contributed by atoms with Crippen LogP contribution in [0.5, 0.6) is 0 Å². The standard InChI is InChI=1S/C12H14F2O2/c1-7(2)10(12(15)16-3)11-8(13)5-4-6-9(11)14/h4-7,10H,1-3H3. The number of carbonyl (C=O) groups is 1. The molecule has 1 aromatic carbocycles. The van der Waals surface area contributed by atoms with Crippen LogP contribution in [-0.4, -0.2) is 13.1 Å². The third-order valence-corrected chi connectivity index (χ3v) is 2.43. The van der Waals surface area contributed by atoms with Gasteiger partial charge in [0.2, 0.25) is 0 Å². The van der Waals surface area contributed by atoms with Crippen LogP contribution in [0.2, 0.25) is 0 Å². The zero-order valence-electron chi connectivity index (χ0n) is 9.46. The predicted molar refractivity (Wildman–Crippen MR) is 56.0 cm³/mol. The Balaban J connectivity index is 3.26. The molecule has 0 fully saturated rings. The Morgan fingerprint density at radius 3 is 2.12 bits per heavy atom. The average Bonchev–Trinajstić information content (AvgIpc) is 2.22. The number of methoxy groups -OCH3 is 1. The largest absolute Gasteiger partial charge is 0.469 e. The third-order valence-electron chi connectivity index (χ3n) is 2.43. The number of rotatable bonds is 3. The summed E-state index contributed by atoms with van der Waals surface area (Å²) < 4.78 is 31.6. The van der Waals surface area contributed by atoms with Crippen LogP contribution < -0.4 is 0 Å². The van der Waals surface area contributed by atoms with Crippen molar-refractivity contribution in [1.82, 2.24) is 0 Å². The zero-order valence-corrected chi connectivity index (χ0v) is 9.46. The van der Waals surface area contributed by atoms with E-state index in [2.05, 4.69) is 4.74 Å². The molecule has 0 bridgehead atoms. The summed E-state index contributed by atoms with van der Waals surface area (Å²) in [5.74, 6) is -3.21. The van der Waals surface area contributed by atoms with Crippen molar-refractivity contribution in [3.8, 4) is 0 Å². The first-order valence-corrected chi connectivity index (χ1v) is 5.00. The Bertz CT molecular complexity index is 368. The lowest BCUT2D eigenvalue weighted by atomic mass is 9.88. The molecular weight excluding hydrogens is 214 g/mol. The second kappa shape index (κ2) is 5.05. The fourth-order valence-electron chi connectivity index (χ4n) is 1.66. The maximum absolute atomic E-state index is 13.5. The van der Waals surface area contributed by atoms with Gasteiger partial charge in [-0.3, -0.25) is 4.79 Å². The normalized spacial score (nSPS) is 12.6. The second-order valence-corrected chi connectivity index (χ2v) is 3.88.